The molecule has 0 aliphatic rings. The summed E-state index contributed by atoms with van der Waals surface area (Å²) in [4.78, 5) is 0. The number of nitrogens with one attached hydrogen (secondary N) is 1. The molecule has 3 heteroatoms. The van der Waals surface area contributed by atoms with Crippen molar-refractivity contribution in [2.45, 2.75) is 19.9 Å². The van der Waals surface area contributed by atoms with Crippen molar-refractivity contribution in [2.75, 3.05) is 5.32 Å². The van der Waals surface area contributed by atoms with Crippen LogP contribution in [0.25, 0.3) is 0 Å². The molecule has 0 spiro atoms. The van der Waals surface area contributed by atoms with Crippen molar-refractivity contribution in [1.82, 2.24) is 0 Å². The van der Waals surface area contributed by atoms with E-state index >= 15 is 0 Å². The molecular weight excluding hydrogens is 205 g/mol. The Morgan fingerprint density at radius 1 is 1.19 bits per heavy atom. The summed E-state index contributed by atoms with van der Waals surface area (Å²) >= 11 is 0. The van der Waals surface area contributed by atoms with E-state index in [4.69, 9.17) is 4.42 Å². The first-order valence-corrected chi connectivity index (χ1v) is 5.23. The van der Waals surface area contributed by atoms with Gasteiger partial charge in [0.25, 0.3) is 0 Å². The zero-order chi connectivity index (χ0) is 11.5. The van der Waals surface area contributed by atoms with E-state index in [2.05, 4.69) is 5.32 Å². The van der Waals surface area contributed by atoms with Gasteiger partial charge in [0.05, 0.1) is 12.3 Å². The predicted molar refractivity (Wildman–Crippen MR) is 61.9 cm³/mol. The summed E-state index contributed by atoms with van der Waals surface area (Å²) < 4.78 is 18.1. The number of anilines is 1. The van der Waals surface area contributed by atoms with Crippen LogP contribution in [0.1, 0.15) is 24.3 Å². The molecule has 1 N–H and O–H groups in total. The smallest absolute Gasteiger partial charge is 0.128 e. The first-order chi connectivity index (χ1) is 7.66. The van der Waals surface area contributed by atoms with Crippen molar-refractivity contribution in [1.29, 1.82) is 0 Å². The van der Waals surface area contributed by atoms with Crippen LogP contribution >= 0.6 is 0 Å². The number of hydrogen-bond acceptors (Lipinski definition) is 2. The molecule has 0 fully saturated rings. The third-order valence-electron chi connectivity index (χ3n) is 2.52. The van der Waals surface area contributed by atoms with Crippen molar-refractivity contribution in [3.8, 4) is 0 Å². The van der Waals surface area contributed by atoms with Gasteiger partial charge < -0.3 is 9.73 Å². The summed E-state index contributed by atoms with van der Waals surface area (Å²) in [6.45, 7) is 4.01. The summed E-state index contributed by atoms with van der Waals surface area (Å²) in [5.41, 5.74) is 1.99. The Morgan fingerprint density at radius 2 is 1.88 bits per heavy atom. The van der Waals surface area contributed by atoms with Gasteiger partial charge >= 0.3 is 0 Å². The number of furan rings is 1. The normalized spacial score (nSPS) is 12.4. The van der Waals surface area contributed by atoms with Crippen molar-refractivity contribution in [3.05, 3.63) is 53.7 Å². The van der Waals surface area contributed by atoms with Gasteiger partial charge in [-0.25, -0.2) is 4.39 Å². The van der Waals surface area contributed by atoms with Crippen molar-refractivity contribution in [2.24, 2.45) is 0 Å². The number of rotatable bonds is 3. The molecule has 2 rings (SSSR count). The minimum absolute atomic E-state index is 0.0699. The third kappa shape index (κ3) is 2.24. The van der Waals surface area contributed by atoms with Crippen LogP contribution in [-0.4, -0.2) is 0 Å². The average Bonchev–Trinajstić information content (AvgIpc) is 2.68. The van der Waals surface area contributed by atoms with Crippen molar-refractivity contribution < 1.29 is 8.81 Å². The molecule has 0 amide bonds. The molecule has 1 atom stereocenters. The molecule has 0 saturated carbocycles. The second-order valence-electron chi connectivity index (χ2n) is 3.84. The summed E-state index contributed by atoms with van der Waals surface area (Å²) in [6, 6.07) is 8.29. The second-order valence-corrected chi connectivity index (χ2v) is 3.84. The lowest BCUT2D eigenvalue weighted by molar-refractivity contribution is 0.487. The van der Waals surface area contributed by atoms with Crippen LogP contribution in [-0.2, 0) is 0 Å². The van der Waals surface area contributed by atoms with E-state index < -0.39 is 0 Å². The molecule has 84 valence electrons. The van der Waals surface area contributed by atoms with Crippen LogP contribution in [0.15, 0.2) is 41.0 Å². The van der Waals surface area contributed by atoms with Crippen LogP contribution in [0.2, 0.25) is 0 Å². The maximum atomic E-state index is 12.7. The quantitative estimate of drug-likeness (QED) is 0.846. The van der Waals surface area contributed by atoms with E-state index in [1.807, 2.05) is 19.9 Å². The molecule has 2 nitrogen and oxygen atoms in total. The highest BCUT2D eigenvalue weighted by Crippen LogP contribution is 2.22. The predicted octanol–water partition coefficient (Wildman–Crippen LogP) is 3.90. The largest absolute Gasteiger partial charge is 0.467 e. The van der Waals surface area contributed by atoms with Crippen LogP contribution in [0.5, 0.6) is 0 Å². The maximum Gasteiger partial charge on any atom is 0.128 e. The minimum atomic E-state index is -0.229. The highest BCUT2D eigenvalue weighted by molar-refractivity contribution is 5.44. The Morgan fingerprint density at radius 3 is 2.44 bits per heavy atom. The number of aryl methyl sites for hydroxylation is 1. The molecule has 0 aliphatic carbocycles. The topological polar surface area (TPSA) is 25.2 Å². The van der Waals surface area contributed by atoms with Gasteiger partial charge in [-0.3, -0.25) is 0 Å². The number of benzene rings is 1. The Bertz CT molecular complexity index is 461. The van der Waals surface area contributed by atoms with Gasteiger partial charge in [0.2, 0.25) is 0 Å². The van der Waals surface area contributed by atoms with Crippen molar-refractivity contribution in [3.63, 3.8) is 0 Å². The van der Waals surface area contributed by atoms with Crippen LogP contribution in [0, 0.1) is 12.7 Å². The van der Waals surface area contributed by atoms with Gasteiger partial charge in [-0.1, -0.05) is 0 Å². The Labute approximate surface area is 94.1 Å². The Balaban J connectivity index is 2.10. The fourth-order valence-electron chi connectivity index (χ4n) is 1.69. The number of halogens is 1. The molecule has 0 aliphatic heterocycles. The molecule has 1 unspecified atom stereocenters. The van der Waals surface area contributed by atoms with Gasteiger partial charge in [-0.15, -0.1) is 0 Å². The highest BCUT2D eigenvalue weighted by Gasteiger charge is 2.11. The Kier molecular flexibility index (Phi) is 2.95. The third-order valence-corrected chi connectivity index (χ3v) is 2.52. The highest BCUT2D eigenvalue weighted by atomic mass is 19.1. The molecule has 1 aromatic carbocycles. The zero-order valence-corrected chi connectivity index (χ0v) is 9.33. The molecule has 1 aromatic heterocycles. The molecule has 0 saturated heterocycles. The van der Waals surface area contributed by atoms with Gasteiger partial charge in [-0.05, 0) is 49.7 Å². The lowest BCUT2D eigenvalue weighted by Gasteiger charge is -2.13. The molecule has 1 heterocycles. The average molecular weight is 219 g/mol. The van der Waals surface area contributed by atoms with Crippen LogP contribution in [0.4, 0.5) is 10.1 Å². The monoisotopic (exact) mass is 219 g/mol. The number of hydrogen-bond donors (Lipinski definition) is 1. The molecular formula is C13H14FNO. The molecule has 0 radical (unpaired) electrons. The SMILES string of the molecule is Cc1ccoc1C(C)Nc1ccc(F)cc1. The van der Waals surface area contributed by atoms with E-state index in [0.717, 1.165) is 17.0 Å². The van der Waals surface area contributed by atoms with E-state index in [0.29, 0.717) is 0 Å². The molecule has 16 heavy (non-hydrogen) atoms. The van der Waals surface area contributed by atoms with Gasteiger partial charge in [0.15, 0.2) is 0 Å². The molecule has 2 aromatic rings. The Hall–Kier alpha value is -1.77. The van der Waals surface area contributed by atoms with E-state index in [9.17, 15) is 4.39 Å². The minimum Gasteiger partial charge on any atom is -0.467 e. The fraction of sp³-hybridized carbons (Fsp3) is 0.231. The standard InChI is InChI=1S/C13H14FNO/c1-9-7-8-16-13(9)10(2)15-12-5-3-11(14)4-6-12/h3-8,10,15H,1-2H3. The second kappa shape index (κ2) is 4.39. The first-order valence-electron chi connectivity index (χ1n) is 5.23. The lowest BCUT2D eigenvalue weighted by atomic mass is 10.1. The summed E-state index contributed by atoms with van der Waals surface area (Å²) in [6.07, 6.45) is 1.67. The van der Waals surface area contributed by atoms with Crippen LogP contribution < -0.4 is 5.32 Å². The van der Waals surface area contributed by atoms with Crippen LogP contribution in [0.3, 0.4) is 0 Å². The fourth-order valence-corrected chi connectivity index (χ4v) is 1.69. The zero-order valence-electron chi connectivity index (χ0n) is 9.33. The summed E-state index contributed by atoms with van der Waals surface area (Å²) in [7, 11) is 0. The van der Waals surface area contributed by atoms with E-state index in [1.165, 1.54) is 12.1 Å². The molecule has 0 bridgehead atoms. The van der Waals surface area contributed by atoms with Gasteiger partial charge in [-0.2, -0.15) is 0 Å². The maximum absolute atomic E-state index is 12.7. The van der Waals surface area contributed by atoms with Gasteiger partial charge in [0.1, 0.15) is 11.6 Å². The van der Waals surface area contributed by atoms with Crippen molar-refractivity contribution >= 4 is 5.69 Å². The lowest BCUT2D eigenvalue weighted by Crippen LogP contribution is -2.06. The first kappa shape index (κ1) is 10.7. The van der Waals surface area contributed by atoms with Gasteiger partial charge in [0, 0.05) is 5.69 Å². The van der Waals surface area contributed by atoms with E-state index in [-0.39, 0.29) is 11.9 Å². The van der Waals surface area contributed by atoms with E-state index in [1.54, 1.807) is 18.4 Å². The summed E-state index contributed by atoms with van der Waals surface area (Å²) in [5, 5.41) is 3.25. The summed E-state index contributed by atoms with van der Waals surface area (Å²) in [5.74, 6) is 0.678.